The van der Waals surface area contributed by atoms with Crippen molar-refractivity contribution in [2.45, 2.75) is 0 Å². The molecule has 5 N–H and O–H groups in total. The Hall–Kier alpha value is -3.39. The van der Waals surface area contributed by atoms with Gasteiger partial charge in [0.1, 0.15) is 17.1 Å². The number of hydrogen-bond acceptors (Lipinski definition) is 6. The molecule has 0 spiro atoms. The third kappa shape index (κ3) is 3.63. The maximum Gasteiger partial charge on any atom is 0.347 e. The van der Waals surface area contributed by atoms with Gasteiger partial charge in [-0.3, -0.25) is 9.59 Å². The van der Waals surface area contributed by atoms with E-state index in [9.17, 15) is 19.5 Å². The van der Waals surface area contributed by atoms with Crippen LogP contribution in [0.5, 0.6) is 11.5 Å². The number of ether oxygens (including phenoxy) is 1. The zero-order chi connectivity index (χ0) is 17.0. The fourth-order valence-corrected chi connectivity index (χ4v) is 1.73. The Balaban J connectivity index is 2.21. The minimum atomic E-state index is -1.25. The van der Waals surface area contributed by atoms with Crippen molar-refractivity contribution >= 4 is 23.5 Å². The van der Waals surface area contributed by atoms with Crippen molar-refractivity contribution in [3.05, 3.63) is 54.1 Å². The SMILES string of the molecule is NC(=O)C(=O)N(N)c1ccc(C(=O)Oc2ccccc2)c(O)c1. The Kier molecular flexibility index (Phi) is 4.58. The first-order valence-electron chi connectivity index (χ1n) is 6.39. The topological polar surface area (TPSA) is 136 Å². The van der Waals surface area contributed by atoms with Crippen LogP contribution in [-0.2, 0) is 9.59 Å². The van der Waals surface area contributed by atoms with E-state index >= 15 is 0 Å². The zero-order valence-electron chi connectivity index (χ0n) is 11.8. The number of nitrogens with two attached hydrogens (primary N) is 2. The zero-order valence-corrected chi connectivity index (χ0v) is 11.8. The molecule has 0 bridgehead atoms. The summed E-state index contributed by atoms with van der Waals surface area (Å²) in [6.07, 6.45) is 0. The predicted octanol–water partition coefficient (Wildman–Crippen LogP) is 0.303. The molecule has 0 saturated heterocycles. The Morgan fingerprint density at radius 3 is 2.26 bits per heavy atom. The average molecular weight is 315 g/mol. The highest BCUT2D eigenvalue weighted by Gasteiger charge is 2.20. The number of benzene rings is 2. The van der Waals surface area contributed by atoms with Crippen LogP contribution in [-0.4, -0.2) is 22.9 Å². The summed E-state index contributed by atoms with van der Waals surface area (Å²) in [6, 6.07) is 11.8. The minimum Gasteiger partial charge on any atom is -0.507 e. The standard InChI is InChI=1S/C15H13N3O5/c16-13(20)14(21)18(17)9-6-7-11(12(19)8-9)15(22)23-10-4-2-1-3-5-10/h1-8,19H,17H2,(H2,16,20). The molecule has 23 heavy (non-hydrogen) atoms. The Labute approximate surface area is 130 Å². The highest BCUT2D eigenvalue weighted by atomic mass is 16.5. The lowest BCUT2D eigenvalue weighted by Crippen LogP contribution is -2.45. The van der Waals surface area contributed by atoms with Gasteiger partial charge in [0.25, 0.3) is 0 Å². The molecule has 0 unspecified atom stereocenters. The normalized spacial score (nSPS) is 9.96. The van der Waals surface area contributed by atoms with E-state index in [0.717, 1.165) is 6.07 Å². The summed E-state index contributed by atoms with van der Waals surface area (Å²) in [5, 5.41) is 10.4. The van der Waals surface area contributed by atoms with Crippen molar-refractivity contribution in [2.24, 2.45) is 11.6 Å². The van der Waals surface area contributed by atoms with Crippen molar-refractivity contribution in [2.75, 3.05) is 5.01 Å². The first-order chi connectivity index (χ1) is 10.9. The van der Waals surface area contributed by atoms with Crippen molar-refractivity contribution in [3.63, 3.8) is 0 Å². The molecule has 0 fully saturated rings. The summed E-state index contributed by atoms with van der Waals surface area (Å²) in [5.41, 5.74) is 4.69. The van der Waals surface area contributed by atoms with Crippen LogP contribution < -0.4 is 21.3 Å². The van der Waals surface area contributed by atoms with Crippen molar-refractivity contribution in [3.8, 4) is 11.5 Å². The Morgan fingerprint density at radius 2 is 1.70 bits per heavy atom. The van der Waals surface area contributed by atoms with Crippen molar-refractivity contribution in [1.29, 1.82) is 0 Å². The summed E-state index contributed by atoms with van der Waals surface area (Å²) in [5.74, 6) is 2.06. The molecular weight excluding hydrogens is 302 g/mol. The molecule has 2 rings (SSSR count). The number of amides is 2. The molecule has 0 aliphatic heterocycles. The van der Waals surface area contributed by atoms with Gasteiger partial charge in [0, 0.05) is 6.07 Å². The van der Waals surface area contributed by atoms with E-state index in [-0.39, 0.29) is 11.3 Å². The molecule has 2 aromatic rings. The first-order valence-corrected chi connectivity index (χ1v) is 6.39. The molecule has 0 aliphatic rings. The van der Waals surface area contributed by atoms with Gasteiger partial charge in [-0.25, -0.2) is 15.6 Å². The van der Waals surface area contributed by atoms with Crippen LogP contribution in [0, 0.1) is 0 Å². The second-order valence-corrected chi connectivity index (χ2v) is 4.44. The number of carbonyl (C=O) groups excluding carboxylic acids is 3. The molecule has 8 heteroatoms. The fourth-order valence-electron chi connectivity index (χ4n) is 1.73. The van der Waals surface area contributed by atoms with Gasteiger partial charge < -0.3 is 15.6 Å². The molecule has 0 heterocycles. The van der Waals surface area contributed by atoms with Gasteiger partial charge in [0.05, 0.1) is 5.69 Å². The van der Waals surface area contributed by atoms with Gasteiger partial charge in [-0.1, -0.05) is 18.2 Å². The highest BCUT2D eigenvalue weighted by molar-refractivity contribution is 6.39. The summed E-state index contributed by atoms with van der Waals surface area (Å²) >= 11 is 0. The van der Waals surface area contributed by atoms with Crippen LogP contribution in [0.15, 0.2) is 48.5 Å². The summed E-state index contributed by atoms with van der Waals surface area (Å²) in [4.78, 5) is 34.1. The maximum absolute atomic E-state index is 12.0. The van der Waals surface area contributed by atoms with Crippen molar-refractivity contribution < 1.29 is 24.2 Å². The molecule has 0 aromatic heterocycles. The molecule has 8 nitrogen and oxygen atoms in total. The number of nitrogens with zero attached hydrogens (tertiary/aromatic N) is 1. The van der Waals surface area contributed by atoms with Crippen molar-refractivity contribution in [1.82, 2.24) is 0 Å². The molecule has 0 atom stereocenters. The smallest absolute Gasteiger partial charge is 0.347 e. The maximum atomic E-state index is 12.0. The third-order valence-corrected chi connectivity index (χ3v) is 2.86. The van der Waals surface area contributed by atoms with Crippen LogP contribution in [0.25, 0.3) is 0 Å². The number of hydrazine groups is 1. The Bertz CT molecular complexity index is 761. The predicted molar refractivity (Wildman–Crippen MR) is 80.4 cm³/mol. The number of hydrogen-bond donors (Lipinski definition) is 3. The molecule has 0 saturated carbocycles. The molecule has 0 aliphatic carbocycles. The number of phenols is 1. The number of para-hydroxylation sites is 1. The molecule has 2 aromatic carbocycles. The van der Waals surface area contributed by atoms with E-state index in [1.807, 2.05) is 0 Å². The van der Waals surface area contributed by atoms with E-state index in [1.54, 1.807) is 30.3 Å². The van der Waals surface area contributed by atoms with E-state index in [0.29, 0.717) is 10.8 Å². The molecule has 2 amide bonds. The van der Waals surface area contributed by atoms with Crippen LogP contribution in [0.2, 0.25) is 0 Å². The van der Waals surface area contributed by atoms with Crippen LogP contribution in [0.1, 0.15) is 10.4 Å². The largest absolute Gasteiger partial charge is 0.507 e. The number of carbonyl (C=O) groups is 3. The second kappa shape index (κ2) is 6.58. The monoisotopic (exact) mass is 315 g/mol. The second-order valence-electron chi connectivity index (χ2n) is 4.44. The first kappa shape index (κ1) is 16.0. The van der Waals surface area contributed by atoms with E-state index in [2.05, 4.69) is 0 Å². The van der Waals surface area contributed by atoms with Gasteiger partial charge in [-0.05, 0) is 24.3 Å². The number of esters is 1. The summed E-state index contributed by atoms with van der Waals surface area (Å²) in [6.45, 7) is 0. The van der Waals surface area contributed by atoms with Crippen LogP contribution in [0.3, 0.4) is 0 Å². The lowest BCUT2D eigenvalue weighted by atomic mass is 10.1. The molecule has 118 valence electrons. The lowest BCUT2D eigenvalue weighted by Gasteiger charge is -2.15. The minimum absolute atomic E-state index is 0.0115. The number of primary amides is 1. The van der Waals surface area contributed by atoms with Gasteiger partial charge in [0.2, 0.25) is 0 Å². The fraction of sp³-hybridized carbons (Fsp3) is 0. The average Bonchev–Trinajstić information content (AvgIpc) is 2.54. The number of phenolic OH excluding ortho intramolecular Hbond substituents is 1. The van der Waals surface area contributed by atoms with Gasteiger partial charge >= 0.3 is 17.8 Å². The lowest BCUT2D eigenvalue weighted by molar-refractivity contribution is -0.135. The summed E-state index contributed by atoms with van der Waals surface area (Å²) < 4.78 is 5.08. The number of rotatable bonds is 3. The van der Waals surface area contributed by atoms with Gasteiger partial charge in [-0.2, -0.15) is 0 Å². The van der Waals surface area contributed by atoms with E-state index in [1.165, 1.54) is 12.1 Å². The van der Waals surface area contributed by atoms with Gasteiger partial charge in [-0.15, -0.1) is 0 Å². The van der Waals surface area contributed by atoms with Crippen LogP contribution >= 0.6 is 0 Å². The molecular formula is C15H13N3O5. The van der Waals surface area contributed by atoms with Gasteiger partial charge in [0.15, 0.2) is 0 Å². The Morgan fingerprint density at radius 1 is 1.04 bits per heavy atom. The number of aromatic hydroxyl groups is 1. The third-order valence-electron chi connectivity index (χ3n) is 2.86. The highest BCUT2D eigenvalue weighted by Crippen LogP contribution is 2.25. The quantitative estimate of drug-likeness (QED) is 0.186. The number of anilines is 1. The van der Waals surface area contributed by atoms with Crippen LogP contribution in [0.4, 0.5) is 5.69 Å². The van der Waals surface area contributed by atoms with E-state index in [4.69, 9.17) is 16.3 Å². The summed E-state index contributed by atoms with van der Waals surface area (Å²) in [7, 11) is 0. The molecule has 0 radical (unpaired) electrons. The van der Waals surface area contributed by atoms with E-state index < -0.39 is 23.5 Å².